The zero-order chi connectivity index (χ0) is 32.9. The number of pyridine rings is 1. The normalized spacial score (nSPS) is 16.6. The van der Waals surface area contributed by atoms with Gasteiger partial charge in [-0.25, -0.2) is 4.79 Å². The first-order valence-corrected chi connectivity index (χ1v) is 15.9. The van der Waals surface area contributed by atoms with Crippen molar-refractivity contribution in [3.05, 3.63) is 59.5 Å². The quantitative estimate of drug-likeness (QED) is 0.329. The molecule has 2 aliphatic heterocycles. The van der Waals surface area contributed by atoms with Gasteiger partial charge >= 0.3 is 12.2 Å². The van der Waals surface area contributed by atoms with Crippen LogP contribution in [0.2, 0.25) is 0 Å². The Morgan fingerprint density at radius 2 is 1.74 bits per heavy atom. The predicted molar refractivity (Wildman–Crippen MR) is 173 cm³/mol. The lowest BCUT2D eigenvalue weighted by atomic mass is 9.90. The number of piperidine rings is 1. The van der Waals surface area contributed by atoms with Gasteiger partial charge in [-0.1, -0.05) is 12.0 Å². The van der Waals surface area contributed by atoms with E-state index < -0.39 is 18.1 Å². The van der Waals surface area contributed by atoms with Crippen molar-refractivity contribution in [2.45, 2.75) is 57.7 Å². The van der Waals surface area contributed by atoms with Crippen molar-refractivity contribution in [2.75, 3.05) is 58.2 Å². The highest BCUT2D eigenvalue weighted by atomic mass is 19.4. The number of carbonyl (C=O) groups is 1. The number of anilines is 1. The van der Waals surface area contributed by atoms with Crippen LogP contribution >= 0.6 is 0 Å². The van der Waals surface area contributed by atoms with Gasteiger partial charge in [0.1, 0.15) is 6.54 Å². The lowest BCUT2D eigenvalue weighted by Crippen LogP contribution is -2.53. The topological polar surface area (TPSA) is 80.4 Å². The maximum Gasteiger partial charge on any atom is 0.406 e. The van der Waals surface area contributed by atoms with Gasteiger partial charge in [0.05, 0.1) is 41.3 Å². The Morgan fingerprint density at radius 3 is 2.39 bits per heavy atom. The molecule has 0 aliphatic carbocycles. The second-order valence-electron chi connectivity index (χ2n) is 13.0. The fourth-order valence-electron chi connectivity index (χ4n) is 6.12. The van der Waals surface area contributed by atoms with Crippen LogP contribution in [0, 0.1) is 29.1 Å². The molecule has 244 valence electrons. The summed E-state index contributed by atoms with van der Waals surface area (Å²) in [6, 6.07) is 13.4. The monoisotopic (exact) mass is 633 g/mol. The molecule has 3 aromatic rings. The number of hydrogen-bond donors (Lipinski definition) is 1. The van der Waals surface area contributed by atoms with Crippen molar-refractivity contribution in [1.82, 2.24) is 24.3 Å². The number of nitrogens with one attached hydrogen (secondary N) is 1. The molecule has 46 heavy (non-hydrogen) atoms. The van der Waals surface area contributed by atoms with Crippen molar-refractivity contribution in [2.24, 2.45) is 5.92 Å². The molecule has 2 aromatic heterocycles. The number of aromatic nitrogens is 2. The summed E-state index contributed by atoms with van der Waals surface area (Å²) < 4.78 is 41.9. The van der Waals surface area contributed by atoms with Gasteiger partial charge in [-0.3, -0.25) is 4.98 Å². The van der Waals surface area contributed by atoms with E-state index in [1.807, 2.05) is 28.0 Å². The van der Waals surface area contributed by atoms with Crippen LogP contribution in [0.5, 0.6) is 0 Å². The molecular weight excluding hydrogens is 591 g/mol. The van der Waals surface area contributed by atoms with Crippen LogP contribution in [0.1, 0.15) is 50.1 Å². The average molecular weight is 634 g/mol. The molecule has 0 radical (unpaired) electrons. The number of piperazine rings is 1. The van der Waals surface area contributed by atoms with E-state index in [9.17, 15) is 23.2 Å². The van der Waals surface area contributed by atoms with Crippen molar-refractivity contribution in [3.63, 3.8) is 0 Å². The van der Waals surface area contributed by atoms with Crippen LogP contribution in [0.4, 0.5) is 23.7 Å². The molecule has 5 rings (SSSR count). The molecule has 1 aromatic carbocycles. The fourth-order valence-corrected chi connectivity index (χ4v) is 6.12. The molecule has 4 heterocycles. The molecule has 0 saturated carbocycles. The summed E-state index contributed by atoms with van der Waals surface area (Å²) in [6.07, 6.45) is 0.986. The van der Waals surface area contributed by atoms with Gasteiger partial charge in [-0.15, -0.1) is 0 Å². The van der Waals surface area contributed by atoms with Crippen molar-refractivity contribution in [3.8, 4) is 17.9 Å². The number of nitriles is 1. The highest BCUT2D eigenvalue weighted by Gasteiger charge is 2.30. The van der Waals surface area contributed by atoms with E-state index in [1.165, 1.54) is 4.57 Å². The van der Waals surface area contributed by atoms with E-state index in [0.717, 1.165) is 75.9 Å². The Hall–Kier alpha value is -4.22. The van der Waals surface area contributed by atoms with Gasteiger partial charge in [0.2, 0.25) is 0 Å². The molecule has 0 spiro atoms. The van der Waals surface area contributed by atoms with Crippen molar-refractivity contribution >= 4 is 22.6 Å². The van der Waals surface area contributed by atoms with Crippen LogP contribution in [0.25, 0.3) is 10.9 Å². The Morgan fingerprint density at radius 1 is 1.02 bits per heavy atom. The first-order valence-electron chi connectivity index (χ1n) is 15.9. The standard InChI is InChI=1S/C35H42F3N7O/c1-34(2,24-39)32-11-9-29(23-41-32)40-14-4-5-30-22-28-21-27(8-10-31(28)45(30)25-35(36,37)38)7-6-26-12-15-43(16-13-26)33(46)44-19-17-42(3)18-20-44/h8-11,21-23,26,40H,6-7,12-20,25H2,1-3H3. The summed E-state index contributed by atoms with van der Waals surface area (Å²) in [5.74, 6) is 6.39. The first-order chi connectivity index (χ1) is 21.9. The maximum atomic E-state index is 13.5. The molecule has 1 N–H and O–H groups in total. The lowest BCUT2D eigenvalue weighted by Gasteiger charge is -2.39. The van der Waals surface area contributed by atoms with Crippen LogP contribution in [0.15, 0.2) is 42.6 Å². The zero-order valence-corrected chi connectivity index (χ0v) is 26.8. The molecule has 2 fully saturated rings. The Bertz CT molecular complexity index is 1610. The Labute approximate surface area is 269 Å². The molecule has 2 saturated heterocycles. The number of hydrogen-bond acceptors (Lipinski definition) is 5. The number of benzene rings is 1. The number of urea groups is 1. The second kappa shape index (κ2) is 14.0. The van der Waals surface area contributed by atoms with Crippen LogP contribution in [-0.2, 0) is 18.4 Å². The molecular formula is C35H42F3N7O. The smallest absolute Gasteiger partial charge is 0.373 e. The van der Waals surface area contributed by atoms with Crippen LogP contribution in [0.3, 0.4) is 0 Å². The van der Waals surface area contributed by atoms with E-state index in [-0.39, 0.29) is 12.6 Å². The third-order valence-electron chi connectivity index (χ3n) is 9.08. The number of likely N-dealkylation sites (N-methyl/N-ethyl adjacent to an activating group) is 1. The fraction of sp³-hybridized carbons (Fsp3) is 0.514. The largest absolute Gasteiger partial charge is 0.406 e. The Kier molecular flexibility index (Phi) is 10.1. The van der Waals surface area contributed by atoms with E-state index in [1.54, 1.807) is 38.2 Å². The van der Waals surface area contributed by atoms with Crippen LogP contribution in [-0.4, -0.2) is 89.3 Å². The minimum Gasteiger partial charge on any atom is -0.373 e. The first kappa shape index (κ1) is 33.2. The third-order valence-corrected chi connectivity index (χ3v) is 9.08. The van der Waals surface area contributed by atoms with Gasteiger partial charge in [-0.2, -0.15) is 18.4 Å². The van der Waals surface area contributed by atoms with Gasteiger partial charge in [0.25, 0.3) is 0 Å². The van der Waals surface area contributed by atoms with Gasteiger partial charge in [0.15, 0.2) is 0 Å². The predicted octanol–water partition coefficient (Wildman–Crippen LogP) is 5.88. The molecule has 8 nitrogen and oxygen atoms in total. The van der Waals surface area contributed by atoms with Gasteiger partial charge in [0, 0.05) is 50.2 Å². The second-order valence-corrected chi connectivity index (χ2v) is 13.0. The lowest BCUT2D eigenvalue weighted by molar-refractivity contribution is -0.140. The highest BCUT2D eigenvalue weighted by Crippen LogP contribution is 2.28. The number of alkyl halides is 3. The molecule has 0 bridgehead atoms. The summed E-state index contributed by atoms with van der Waals surface area (Å²) in [6.45, 7) is 7.62. The van der Waals surface area contributed by atoms with Crippen LogP contribution < -0.4 is 5.32 Å². The van der Waals surface area contributed by atoms with E-state index in [4.69, 9.17) is 0 Å². The number of amides is 2. The average Bonchev–Trinajstić information content (AvgIpc) is 3.37. The molecule has 2 aliphatic rings. The van der Waals surface area contributed by atoms with Gasteiger partial charge in [-0.05, 0) is 94.3 Å². The minimum absolute atomic E-state index is 0.154. The number of fused-ring (bicyclic) bond motifs is 1. The highest BCUT2D eigenvalue weighted by molar-refractivity contribution is 5.83. The van der Waals surface area contributed by atoms with Crippen molar-refractivity contribution < 1.29 is 18.0 Å². The SMILES string of the molecule is CN1CCN(C(=O)N2CCC(CCc3ccc4c(c3)cc(C#CCNc3ccc(C(C)(C)C#N)nc3)n4CC(F)(F)F)CC2)CC1. The number of carbonyl (C=O) groups excluding carboxylic acids is 1. The van der Waals surface area contributed by atoms with Crippen molar-refractivity contribution in [1.29, 1.82) is 5.26 Å². The molecule has 0 unspecified atom stereocenters. The number of rotatable bonds is 7. The third kappa shape index (κ3) is 8.32. The maximum absolute atomic E-state index is 13.5. The molecule has 11 heteroatoms. The number of halogens is 3. The minimum atomic E-state index is -4.38. The molecule has 0 atom stereocenters. The summed E-state index contributed by atoms with van der Waals surface area (Å²) >= 11 is 0. The summed E-state index contributed by atoms with van der Waals surface area (Å²) in [5, 5.41) is 13.2. The summed E-state index contributed by atoms with van der Waals surface area (Å²) in [4.78, 5) is 23.5. The zero-order valence-electron chi connectivity index (χ0n) is 26.8. The summed E-state index contributed by atoms with van der Waals surface area (Å²) in [5.41, 5.74) is 2.57. The summed E-state index contributed by atoms with van der Waals surface area (Å²) in [7, 11) is 2.08. The Balaban J connectivity index is 1.19. The van der Waals surface area contributed by atoms with E-state index in [2.05, 4.69) is 40.2 Å². The van der Waals surface area contributed by atoms with Gasteiger partial charge < -0.3 is 24.6 Å². The molecule has 2 amide bonds. The number of likely N-dealkylation sites (tertiary alicyclic amines) is 1. The number of nitrogens with zero attached hydrogens (tertiary/aromatic N) is 6. The van der Waals surface area contributed by atoms with E-state index in [0.29, 0.717) is 28.5 Å². The number of aryl methyl sites for hydroxylation is 1. The van der Waals surface area contributed by atoms with E-state index >= 15 is 0 Å².